The highest BCUT2D eigenvalue weighted by molar-refractivity contribution is 6.32. The number of nitrogens with zero attached hydrogens (tertiary/aromatic N) is 1. The summed E-state index contributed by atoms with van der Waals surface area (Å²) >= 11 is 6.01. The first-order valence-corrected chi connectivity index (χ1v) is 7.54. The molecule has 0 saturated heterocycles. The molecule has 2 N–H and O–H groups in total. The van der Waals surface area contributed by atoms with Crippen LogP contribution in [0.1, 0.15) is 0 Å². The van der Waals surface area contributed by atoms with E-state index < -0.39 is 6.10 Å². The zero-order chi connectivity index (χ0) is 15.8. The number of rotatable bonds is 8. The zero-order valence-corrected chi connectivity index (χ0v) is 13.0. The van der Waals surface area contributed by atoms with Crippen molar-refractivity contribution in [1.82, 2.24) is 0 Å². The molecule has 0 bridgehead atoms. The van der Waals surface area contributed by atoms with Crippen molar-refractivity contribution in [1.29, 1.82) is 0 Å². The van der Waals surface area contributed by atoms with Crippen molar-refractivity contribution in [3.63, 3.8) is 0 Å². The maximum Gasteiger partial charge on any atom is 0.138 e. The van der Waals surface area contributed by atoms with Crippen LogP contribution in [0.15, 0.2) is 54.6 Å². The van der Waals surface area contributed by atoms with E-state index >= 15 is 0 Å². The molecule has 2 aromatic rings. The van der Waals surface area contributed by atoms with Gasteiger partial charge in [-0.05, 0) is 24.3 Å². The van der Waals surface area contributed by atoms with Crippen LogP contribution in [0.4, 0.5) is 5.69 Å². The van der Waals surface area contributed by atoms with E-state index in [0.717, 1.165) is 5.69 Å². The average Bonchev–Trinajstić information content (AvgIpc) is 2.54. The molecule has 0 fully saturated rings. The molecule has 0 saturated carbocycles. The van der Waals surface area contributed by atoms with Crippen LogP contribution < -0.4 is 9.64 Å². The Hall–Kier alpha value is -1.75. The van der Waals surface area contributed by atoms with Crippen LogP contribution >= 0.6 is 11.6 Å². The third-order valence-electron chi connectivity index (χ3n) is 3.19. The van der Waals surface area contributed by atoms with Crippen LogP contribution in [-0.2, 0) is 0 Å². The molecule has 0 aliphatic heterocycles. The van der Waals surface area contributed by atoms with Gasteiger partial charge in [-0.25, -0.2) is 0 Å². The number of benzene rings is 2. The number of ether oxygens (including phenoxy) is 1. The second kappa shape index (κ2) is 8.63. The summed E-state index contributed by atoms with van der Waals surface area (Å²) in [4.78, 5) is 1.92. The summed E-state index contributed by atoms with van der Waals surface area (Å²) < 4.78 is 5.54. The predicted molar refractivity (Wildman–Crippen MR) is 88.7 cm³/mol. The number of hydrogen-bond acceptors (Lipinski definition) is 4. The lowest BCUT2D eigenvalue weighted by Gasteiger charge is -2.26. The van der Waals surface area contributed by atoms with Crippen molar-refractivity contribution >= 4 is 17.3 Å². The fourth-order valence-corrected chi connectivity index (χ4v) is 2.33. The van der Waals surface area contributed by atoms with E-state index in [4.69, 9.17) is 16.3 Å². The highest BCUT2D eigenvalue weighted by Crippen LogP contribution is 2.23. The quantitative estimate of drug-likeness (QED) is 0.784. The molecule has 22 heavy (non-hydrogen) atoms. The van der Waals surface area contributed by atoms with Gasteiger partial charge in [-0.2, -0.15) is 0 Å². The Balaban J connectivity index is 1.91. The SMILES string of the molecule is OCCN(CC(O)COc1ccccc1Cl)c1ccccc1. The summed E-state index contributed by atoms with van der Waals surface area (Å²) in [6.07, 6.45) is -0.692. The van der Waals surface area contributed by atoms with Gasteiger partial charge in [0, 0.05) is 18.8 Å². The highest BCUT2D eigenvalue weighted by Gasteiger charge is 2.13. The first-order chi connectivity index (χ1) is 10.7. The van der Waals surface area contributed by atoms with E-state index in [0.29, 0.717) is 23.9 Å². The minimum absolute atomic E-state index is 0.0208. The smallest absolute Gasteiger partial charge is 0.138 e. The molecule has 0 aliphatic carbocycles. The molecule has 2 rings (SSSR count). The van der Waals surface area contributed by atoms with Gasteiger partial charge in [-0.15, -0.1) is 0 Å². The van der Waals surface area contributed by atoms with Gasteiger partial charge in [-0.1, -0.05) is 41.9 Å². The van der Waals surface area contributed by atoms with E-state index in [1.165, 1.54) is 0 Å². The monoisotopic (exact) mass is 321 g/mol. The Kier molecular flexibility index (Phi) is 6.52. The Bertz CT molecular complexity index is 565. The van der Waals surface area contributed by atoms with Gasteiger partial charge in [0.05, 0.1) is 11.6 Å². The average molecular weight is 322 g/mol. The zero-order valence-electron chi connectivity index (χ0n) is 12.2. The van der Waals surface area contributed by atoms with Crippen molar-refractivity contribution < 1.29 is 14.9 Å². The van der Waals surface area contributed by atoms with Gasteiger partial charge in [0.25, 0.3) is 0 Å². The largest absolute Gasteiger partial charge is 0.489 e. The van der Waals surface area contributed by atoms with Crippen molar-refractivity contribution in [2.45, 2.75) is 6.10 Å². The third kappa shape index (κ3) is 4.91. The molecule has 5 heteroatoms. The first kappa shape index (κ1) is 16.6. The number of anilines is 1. The number of halogens is 1. The molecular formula is C17H20ClNO3. The maximum atomic E-state index is 10.2. The molecule has 0 aromatic heterocycles. The van der Waals surface area contributed by atoms with Gasteiger partial charge in [0.2, 0.25) is 0 Å². The summed E-state index contributed by atoms with van der Waals surface area (Å²) in [5, 5.41) is 19.9. The third-order valence-corrected chi connectivity index (χ3v) is 3.50. The van der Waals surface area contributed by atoms with Crippen molar-refractivity contribution in [3.8, 4) is 5.75 Å². The molecule has 0 amide bonds. The lowest BCUT2D eigenvalue weighted by Crippen LogP contribution is -2.37. The Morgan fingerprint density at radius 2 is 1.73 bits per heavy atom. The first-order valence-electron chi connectivity index (χ1n) is 7.17. The number of aliphatic hydroxyl groups excluding tert-OH is 2. The molecule has 118 valence electrons. The summed E-state index contributed by atoms with van der Waals surface area (Å²) in [6.45, 7) is 0.980. The van der Waals surface area contributed by atoms with Gasteiger partial charge in [0.15, 0.2) is 0 Å². The van der Waals surface area contributed by atoms with Crippen LogP contribution in [0.5, 0.6) is 5.75 Å². The van der Waals surface area contributed by atoms with E-state index in [9.17, 15) is 10.2 Å². The Morgan fingerprint density at radius 3 is 2.41 bits per heavy atom. The summed E-state index contributed by atoms with van der Waals surface area (Å²) in [5.74, 6) is 0.552. The van der Waals surface area contributed by atoms with Crippen LogP contribution in [0.25, 0.3) is 0 Å². The van der Waals surface area contributed by atoms with Crippen molar-refractivity contribution in [3.05, 3.63) is 59.6 Å². The van der Waals surface area contributed by atoms with Gasteiger partial charge in [0.1, 0.15) is 18.5 Å². The van der Waals surface area contributed by atoms with Gasteiger partial charge < -0.3 is 19.8 Å². The fraction of sp³-hybridized carbons (Fsp3) is 0.294. The summed E-state index contributed by atoms with van der Waals surface area (Å²) in [6, 6.07) is 16.8. The molecule has 4 nitrogen and oxygen atoms in total. The number of aliphatic hydroxyl groups is 2. The van der Waals surface area contributed by atoms with Crippen molar-refractivity contribution in [2.24, 2.45) is 0 Å². The second-order valence-corrected chi connectivity index (χ2v) is 5.31. The lowest BCUT2D eigenvalue weighted by atomic mass is 10.2. The summed E-state index contributed by atoms with van der Waals surface area (Å²) in [7, 11) is 0. The second-order valence-electron chi connectivity index (χ2n) is 4.90. The molecule has 0 spiro atoms. The molecule has 0 radical (unpaired) electrons. The number of para-hydroxylation sites is 2. The molecular weight excluding hydrogens is 302 g/mol. The van der Waals surface area contributed by atoms with Crippen LogP contribution in [0.3, 0.4) is 0 Å². The highest BCUT2D eigenvalue weighted by atomic mass is 35.5. The van der Waals surface area contributed by atoms with Gasteiger partial charge >= 0.3 is 0 Å². The Morgan fingerprint density at radius 1 is 1.05 bits per heavy atom. The lowest BCUT2D eigenvalue weighted by molar-refractivity contribution is 0.111. The predicted octanol–water partition coefficient (Wildman–Crippen LogP) is 2.58. The maximum absolute atomic E-state index is 10.2. The minimum Gasteiger partial charge on any atom is -0.489 e. The topological polar surface area (TPSA) is 52.9 Å². The number of hydrogen-bond donors (Lipinski definition) is 2. The molecule has 1 atom stereocenters. The van der Waals surface area contributed by atoms with Crippen LogP contribution in [-0.4, -0.2) is 42.6 Å². The fourth-order valence-electron chi connectivity index (χ4n) is 2.14. The van der Waals surface area contributed by atoms with E-state index in [-0.39, 0.29) is 13.2 Å². The van der Waals surface area contributed by atoms with Gasteiger partial charge in [-0.3, -0.25) is 0 Å². The summed E-state index contributed by atoms with van der Waals surface area (Å²) in [5.41, 5.74) is 0.952. The molecule has 0 heterocycles. The molecule has 1 unspecified atom stereocenters. The van der Waals surface area contributed by atoms with E-state index in [2.05, 4.69) is 0 Å². The van der Waals surface area contributed by atoms with E-state index in [1.54, 1.807) is 12.1 Å². The van der Waals surface area contributed by atoms with Crippen LogP contribution in [0.2, 0.25) is 5.02 Å². The molecule has 2 aromatic carbocycles. The van der Waals surface area contributed by atoms with E-state index in [1.807, 2.05) is 47.4 Å². The Labute approximate surface area is 135 Å². The standard InChI is InChI=1S/C17H20ClNO3/c18-16-8-4-5-9-17(16)22-13-15(21)12-19(10-11-20)14-6-2-1-3-7-14/h1-9,15,20-21H,10-13H2. The van der Waals surface area contributed by atoms with Crippen molar-refractivity contribution in [2.75, 3.05) is 31.2 Å². The molecule has 0 aliphatic rings. The normalized spacial score (nSPS) is 12.0. The van der Waals surface area contributed by atoms with Crippen LogP contribution in [0, 0.1) is 0 Å². The minimum atomic E-state index is -0.692.